The van der Waals surface area contributed by atoms with Gasteiger partial charge in [0, 0.05) is 6.42 Å². The zero-order chi connectivity index (χ0) is 9.99. The first-order valence-corrected chi connectivity index (χ1v) is 7.92. The van der Waals surface area contributed by atoms with Gasteiger partial charge in [-0.25, -0.2) is 17.6 Å². The molecule has 0 aromatic rings. The van der Waals surface area contributed by atoms with E-state index in [0.717, 1.165) is 0 Å². The Morgan fingerprint density at radius 1 is 1.33 bits per heavy atom. The number of hydrogen-bond donors (Lipinski definition) is 0. The summed E-state index contributed by atoms with van der Waals surface area (Å²) in [6.07, 6.45) is -4.58. The molecule has 0 bridgehead atoms. The van der Waals surface area contributed by atoms with E-state index < -0.39 is 25.5 Å². The summed E-state index contributed by atoms with van der Waals surface area (Å²) >= 11 is 10.9. The molecule has 0 saturated carbocycles. The maximum Gasteiger partial charge on any atom is 0.307 e. The van der Waals surface area contributed by atoms with E-state index in [4.69, 9.17) is 22.2 Å². The second-order valence-corrected chi connectivity index (χ2v) is 10.9. The fourth-order valence-electron chi connectivity index (χ4n) is 0.495. The lowest BCUT2D eigenvalue weighted by molar-refractivity contribution is -0.129. The SMILES string of the molecule is C[Si](Cl)(Cl)CCC(F)(F)C(F)F. The van der Waals surface area contributed by atoms with Crippen LogP contribution in [0.25, 0.3) is 0 Å². The highest BCUT2D eigenvalue weighted by Gasteiger charge is 2.42. The van der Waals surface area contributed by atoms with Crippen LogP contribution in [0, 0.1) is 0 Å². The van der Waals surface area contributed by atoms with Crippen molar-refractivity contribution in [3.63, 3.8) is 0 Å². The van der Waals surface area contributed by atoms with Gasteiger partial charge in [0.1, 0.15) is 0 Å². The summed E-state index contributed by atoms with van der Waals surface area (Å²) in [5.74, 6) is -3.96. The van der Waals surface area contributed by atoms with Crippen molar-refractivity contribution < 1.29 is 17.6 Å². The zero-order valence-electron chi connectivity index (χ0n) is 6.26. The molecule has 0 atom stereocenters. The van der Waals surface area contributed by atoms with Crippen molar-refractivity contribution in [1.29, 1.82) is 0 Å². The van der Waals surface area contributed by atoms with E-state index in [9.17, 15) is 17.6 Å². The Bertz CT molecular complexity index is 145. The van der Waals surface area contributed by atoms with Gasteiger partial charge in [0.2, 0.25) is 6.69 Å². The van der Waals surface area contributed by atoms with Gasteiger partial charge >= 0.3 is 12.3 Å². The van der Waals surface area contributed by atoms with E-state index >= 15 is 0 Å². The molecule has 0 radical (unpaired) electrons. The molecule has 0 fully saturated rings. The summed E-state index contributed by atoms with van der Waals surface area (Å²) in [6, 6.07) is -0.229. The summed E-state index contributed by atoms with van der Waals surface area (Å²) in [6.45, 7) is -1.27. The van der Waals surface area contributed by atoms with Gasteiger partial charge in [0.25, 0.3) is 0 Å². The number of alkyl halides is 4. The quantitative estimate of drug-likeness (QED) is 0.400. The molecule has 0 aromatic carbocycles. The lowest BCUT2D eigenvalue weighted by atomic mass is 10.3. The van der Waals surface area contributed by atoms with Crippen LogP contribution in [0.1, 0.15) is 6.42 Å². The Morgan fingerprint density at radius 3 is 2.00 bits per heavy atom. The highest BCUT2D eigenvalue weighted by Crippen LogP contribution is 2.33. The molecule has 0 saturated heterocycles. The predicted molar refractivity (Wildman–Crippen MR) is 43.7 cm³/mol. The van der Waals surface area contributed by atoms with Crippen molar-refractivity contribution in [3.8, 4) is 0 Å². The predicted octanol–water partition coefficient (Wildman–Crippen LogP) is 3.83. The molecule has 0 aliphatic heterocycles. The minimum Gasteiger partial charge on any atom is -0.204 e. The first-order valence-electron chi connectivity index (χ1n) is 3.19. The summed E-state index contributed by atoms with van der Waals surface area (Å²) in [5.41, 5.74) is 0. The van der Waals surface area contributed by atoms with E-state index in [1.54, 1.807) is 0 Å². The molecule has 0 spiro atoms. The molecule has 12 heavy (non-hydrogen) atoms. The molecule has 7 heteroatoms. The molecule has 0 heterocycles. The maximum atomic E-state index is 12.2. The van der Waals surface area contributed by atoms with Crippen LogP contribution in [0.4, 0.5) is 17.6 Å². The first-order chi connectivity index (χ1) is 5.15. The van der Waals surface area contributed by atoms with Crippen molar-refractivity contribution in [2.75, 3.05) is 0 Å². The lowest BCUT2D eigenvalue weighted by Gasteiger charge is -2.17. The topological polar surface area (TPSA) is 0 Å². The van der Waals surface area contributed by atoms with E-state index in [1.807, 2.05) is 0 Å². The van der Waals surface area contributed by atoms with Gasteiger partial charge < -0.3 is 0 Å². The van der Waals surface area contributed by atoms with Crippen LogP contribution in [0.5, 0.6) is 0 Å². The second-order valence-electron chi connectivity index (χ2n) is 2.63. The van der Waals surface area contributed by atoms with E-state index in [2.05, 4.69) is 0 Å². The third-order valence-corrected chi connectivity index (χ3v) is 3.48. The standard InChI is InChI=1S/C5H8Cl2F4Si/c1-12(6,7)3-2-5(10,11)4(8)9/h4H,2-3H2,1H3. The third-order valence-electron chi connectivity index (χ3n) is 1.22. The summed E-state index contributed by atoms with van der Waals surface area (Å²) in [5, 5.41) is 0. The Balaban J connectivity index is 3.93. The molecule has 0 aromatic heterocycles. The Morgan fingerprint density at radius 2 is 1.75 bits per heavy atom. The van der Waals surface area contributed by atoms with Crippen LogP contribution in [0.15, 0.2) is 0 Å². The van der Waals surface area contributed by atoms with Crippen LogP contribution in [0.3, 0.4) is 0 Å². The monoisotopic (exact) mass is 242 g/mol. The van der Waals surface area contributed by atoms with Gasteiger partial charge in [0.05, 0.1) is 0 Å². The minimum absolute atomic E-state index is 0.229. The van der Waals surface area contributed by atoms with Crippen LogP contribution in [-0.2, 0) is 0 Å². The first kappa shape index (κ1) is 12.5. The fourth-order valence-corrected chi connectivity index (χ4v) is 1.83. The molecule has 0 unspecified atom stereocenters. The van der Waals surface area contributed by atoms with Crippen LogP contribution in [-0.4, -0.2) is 19.0 Å². The van der Waals surface area contributed by atoms with E-state index in [0.29, 0.717) is 0 Å². The highest BCUT2D eigenvalue weighted by molar-refractivity contribution is 7.44. The number of rotatable bonds is 4. The average Bonchev–Trinajstić information content (AvgIpc) is 1.82. The maximum absolute atomic E-state index is 12.2. The summed E-state index contributed by atoms with van der Waals surface area (Å²) in [4.78, 5) is 0. The summed E-state index contributed by atoms with van der Waals surface area (Å²) in [7, 11) is 0. The molecule has 0 aliphatic rings. The minimum atomic E-state index is -3.96. The van der Waals surface area contributed by atoms with E-state index in [1.165, 1.54) is 6.55 Å². The molecule has 0 nitrogen and oxygen atoms in total. The van der Waals surface area contributed by atoms with Gasteiger partial charge in [-0.1, -0.05) is 0 Å². The molecule has 74 valence electrons. The molecule has 0 amide bonds. The van der Waals surface area contributed by atoms with E-state index in [-0.39, 0.29) is 6.04 Å². The summed E-state index contributed by atoms with van der Waals surface area (Å²) < 4.78 is 47.6. The molecule has 0 N–H and O–H groups in total. The van der Waals surface area contributed by atoms with Crippen molar-refractivity contribution >= 4 is 28.9 Å². The Labute approximate surface area is 78.3 Å². The van der Waals surface area contributed by atoms with Gasteiger partial charge in [-0.05, 0) is 12.6 Å². The number of hydrogen-bond acceptors (Lipinski definition) is 0. The van der Waals surface area contributed by atoms with Gasteiger partial charge in [-0.15, -0.1) is 22.2 Å². The van der Waals surface area contributed by atoms with Gasteiger partial charge in [-0.3, -0.25) is 0 Å². The Hall–Kier alpha value is 0.517. The van der Waals surface area contributed by atoms with Crippen LogP contribution >= 0.6 is 22.2 Å². The van der Waals surface area contributed by atoms with Crippen molar-refractivity contribution in [2.45, 2.75) is 31.4 Å². The molecule has 0 rings (SSSR count). The number of halogens is 6. The van der Waals surface area contributed by atoms with Gasteiger partial charge in [0.15, 0.2) is 0 Å². The van der Waals surface area contributed by atoms with Crippen LogP contribution < -0.4 is 0 Å². The third kappa shape index (κ3) is 5.21. The van der Waals surface area contributed by atoms with Crippen LogP contribution in [0.2, 0.25) is 12.6 Å². The lowest BCUT2D eigenvalue weighted by Crippen LogP contribution is -2.29. The van der Waals surface area contributed by atoms with Crippen molar-refractivity contribution in [1.82, 2.24) is 0 Å². The molecular formula is C5H8Cl2F4Si. The molecule has 0 aliphatic carbocycles. The zero-order valence-corrected chi connectivity index (χ0v) is 8.77. The van der Waals surface area contributed by atoms with Crippen molar-refractivity contribution in [2.24, 2.45) is 0 Å². The molecular weight excluding hydrogens is 235 g/mol. The van der Waals surface area contributed by atoms with Gasteiger partial charge in [-0.2, -0.15) is 0 Å². The second kappa shape index (κ2) is 4.15. The average molecular weight is 243 g/mol. The highest BCUT2D eigenvalue weighted by atomic mass is 35.7. The Kier molecular flexibility index (Phi) is 4.33. The van der Waals surface area contributed by atoms with Crippen molar-refractivity contribution in [3.05, 3.63) is 0 Å². The fraction of sp³-hybridized carbons (Fsp3) is 1.00. The smallest absolute Gasteiger partial charge is 0.204 e. The normalized spacial score (nSPS) is 14.0. The largest absolute Gasteiger partial charge is 0.307 e.